The number of benzene rings is 2. The van der Waals surface area contributed by atoms with Crippen LogP contribution in [0.1, 0.15) is 42.3 Å². The normalized spacial score (nSPS) is 11.6. The summed E-state index contributed by atoms with van der Waals surface area (Å²) in [6, 6.07) is 12.9. The molecular weight excluding hydrogens is 366 g/mol. The van der Waals surface area contributed by atoms with Gasteiger partial charge in [-0.1, -0.05) is 61.8 Å². The Morgan fingerprint density at radius 3 is 2.44 bits per heavy atom. The molecule has 0 heterocycles. The number of carboxylic acid groups (broad SMARTS) is 1. The summed E-state index contributed by atoms with van der Waals surface area (Å²) in [5, 5.41) is 13.0. The van der Waals surface area contributed by atoms with E-state index < -0.39 is 5.97 Å². The van der Waals surface area contributed by atoms with Crippen LogP contribution < -0.4 is 4.74 Å². The van der Waals surface area contributed by atoms with Crippen molar-refractivity contribution in [3.63, 3.8) is 0 Å². The molecule has 2 aromatic rings. The first-order valence-electron chi connectivity index (χ1n) is 8.66. The Balaban J connectivity index is 1.69. The Labute approximate surface area is 164 Å². The largest absolute Gasteiger partial charge is 0.490 e. The predicted molar refractivity (Wildman–Crippen MR) is 107 cm³/mol. The lowest BCUT2D eigenvalue weighted by molar-refractivity contribution is 0.0697. The van der Waals surface area contributed by atoms with Gasteiger partial charge in [-0.2, -0.15) is 0 Å². The van der Waals surface area contributed by atoms with Crippen molar-refractivity contribution in [2.45, 2.75) is 32.6 Å². The van der Waals surface area contributed by atoms with Gasteiger partial charge in [0.2, 0.25) is 0 Å². The van der Waals surface area contributed by atoms with Crippen LogP contribution in [-0.4, -0.2) is 30.5 Å². The van der Waals surface area contributed by atoms with E-state index >= 15 is 0 Å². The minimum absolute atomic E-state index is 0.0420. The van der Waals surface area contributed by atoms with Crippen LogP contribution in [0.25, 0.3) is 0 Å². The number of oxime groups is 1. The third-order valence-electron chi connectivity index (χ3n) is 3.91. The molecule has 2 aromatic carbocycles. The predicted octanol–water partition coefficient (Wildman–Crippen LogP) is 4.96. The van der Waals surface area contributed by atoms with Crippen LogP contribution in [0.2, 0.25) is 5.02 Å². The Morgan fingerprint density at radius 2 is 1.85 bits per heavy atom. The zero-order valence-corrected chi connectivity index (χ0v) is 16.5. The van der Waals surface area contributed by atoms with Gasteiger partial charge < -0.3 is 14.7 Å². The van der Waals surface area contributed by atoms with Crippen LogP contribution in [0, 0.1) is 0 Å². The van der Waals surface area contributed by atoms with E-state index in [0.29, 0.717) is 12.2 Å². The second-order valence-corrected chi connectivity index (χ2v) is 7.47. The summed E-state index contributed by atoms with van der Waals surface area (Å²) in [4.78, 5) is 16.1. The van der Waals surface area contributed by atoms with Crippen molar-refractivity contribution < 1.29 is 19.5 Å². The molecule has 0 fully saturated rings. The maximum atomic E-state index is 10.9. The van der Waals surface area contributed by atoms with Gasteiger partial charge in [-0.3, -0.25) is 0 Å². The Bertz CT molecular complexity index is 795. The molecule has 0 amide bonds. The molecular formula is C21H24ClNO4. The van der Waals surface area contributed by atoms with Gasteiger partial charge in [-0.25, -0.2) is 4.79 Å². The van der Waals surface area contributed by atoms with Crippen LogP contribution in [0.4, 0.5) is 0 Å². The molecule has 0 atom stereocenters. The average Bonchev–Trinajstić information content (AvgIpc) is 2.60. The van der Waals surface area contributed by atoms with E-state index in [4.69, 9.17) is 26.3 Å². The maximum absolute atomic E-state index is 10.9. The van der Waals surface area contributed by atoms with Crippen molar-refractivity contribution in [3.8, 4) is 5.75 Å². The molecule has 6 heteroatoms. The standard InChI is InChI=1S/C21H24ClNO4/c1-21(2,3)16-6-4-15(5-7-16)10-11-23-27-13-12-26-17-8-9-18(20(24)25)19(22)14-17/h4-9,11,14H,10,12-13H2,1-3H3,(H,24,25)/b23-11+. The molecule has 1 N–H and O–H groups in total. The van der Waals surface area contributed by atoms with Gasteiger partial charge in [-0.05, 0) is 34.7 Å². The minimum atomic E-state index is -1.07. The van der Waals surface area contributed by atoms with E-state index in [1.807, 2.05) is 0 Å². The summed E-state index contributed by atoms with van der Waals surface area (Å²) in [5.41, 5.74) is 2.65. The highest BCUT2D eigenvalue weighted by Crippen LogP contribution is 2.23. The van der Waals surface area contributed by atoms with Crippen molar-refractivity contribution in [2.24, 2.45) is 5.16 Å². The van der Waals surface area contributed by atoms with Gasteiger partial charge in [-0.15, -0.1) is 0 Å². The fourth-order valence-electron chi connectivity index (χ4n) is 2.34. The topological polar surface area (TPSA) is 68.1 Å². The first-order valence-corrected chi connectivity index (χ1v) is 9.04. The third kappa shape index (κ3) is 6.61. The van der Waals surface area contributed by atoms with Crippen molar-refractivity contribution in [1.29, 1.82) is 0 Å². The van der Waals surface area contributed by atoms with Gasteiger partial charge >= 0.3 is 5.97 Å². The molecule has 0 radical (unpaired) electrons. The van der Waals surface area contributed by atoms with E-state index in [9.17, 15) is 4.79 Å². The third-order valence-corrected chi connectivity index (χ3v) is 4.22. The van der Waals surface area contributed by atoms with E-state index in [2.05, 4.69) is 50.2 Å². The SMILES string of the molecule is CC(C)(C)c1ccc(C/C=N/OCCOc2ccc(C(=O)O)c(Cl)c2)cc1. The number of halogens is 1. The zero-order chi connectivity index (χ0) is 19.9. The van der Waals surface area contributed by atoms with Gasteiger partial charge in [0.1, 0.15) is 12.4 Å². The summed E-state index contributed by atoms with van der Waals surface area (Å²) in [5.74, 6) is -0.589. The summed E-state index contributed by atoms with van der Waals surface area (Å²) in [6.07, 6.45) is 2.40. The smallest absolute Gasteiger partial charge is 0.337 e. The molecule has 144 valence electrons. The second-order valence-electron chi connectivity index (χ2n) is 7.07. The summed E-state index contributed by atoms with van der Waals surface area (Å²) >= 11 is 5.88. The second kappa shape index (κ2) is 9.42. The van der Waals surface area contributed by atoms with Crippen LogP contribution in [0.5, 0.6) is 5.75 Å². The van der Waals surface area contributed by atoms with Crippen LogP contribution >= 0.6 is 11.6 Å². The molecule has 0 aliphatic carbocycles. The van der Waals surface area contributed by atoms with Crippen molar-refractivity contribution >= 4 is 23.8 Å². The monoisotopic (exact) mass is 389 g/mol. The highest BCUT2D eigenvalue weighted by molar-refractivity contribution is 6.33. The number of carbonyl (C=O) groups is 1. The lowest BCUT2D eigenvalue weighted by Gasteiger charge is -2.18. The van der Waals surface area contributed by atoms with Crippen molar-refractivity contribution in [1.82, 2.24) is 0 Å². The van der Waals surface area contributed by atoms with E-state index in [0.717, 1.165) is 0 Å². The number of ether oxygens (including phenoxy) is 1. The quantitative estimate of drug-likeness (QED) is 0.393. The van der Waals surface area contributed by atoms with E-state index in [1.165, 1.54) is 23.3 Å². The molecule has 0 spiro atoms. The average molecular weight is 390 g/mol. The van der Waals surface area contributed by atoms with Crippen LogP contribution in [-0.2, 0) is 16.7 Å². The van der Waals surface area contributed by atoms with E-state index in [1.54, 1.807) is 12.3 Å². The molecule has 0 aliphatic rings. The Morgan fingerprint density at radius 1 is 1.15 bits per heavy atom. The fourth-order valence-corrected chi connectivity index (χ4v) is 2.60. The lowest BCUT2D eigenvalue weighted by Crippen LogP contribution is -2.10. The first-order chi connectivity index (χ1) is 12.8. The fraction of sp³-hybridized carbons (Fsp3) is 0.333. The number of rotatable bonds is 8. The molecule has 0 unspecified atom stereocenters. The van der Waals surface area contributed by atoms with Gasteiger partial charge in [0.25, 0.3) is 0 Å². The number of carboxylic acids is 1. The number of hydrogen-bond acceptors (Lipinski definition) is 4. The Hall–Kier alpha value is -2.53. The lowest BCUT2D eigenvalue weighted by atomic mass is 9.86. The zero-order valence-electron chi connectivity index (χ0n) is 15.7. The van der Waals surface area contributed by atoms with Gasteiger partial charge in [0.15, 0.2) is 6.61 Å². The Kier molecular flexibility index (Phi) is 7.25. The number of aromatic carboxylic acids is 1. The van der Waals surface area contributed by atoms with Gasteiger partial charge in [0, 0.05) is 12.6 Å². The first kappa shape index (κ1) is 20.8. The molecule has 27 heavy (non-hydrogen) atoms. The molecule has 0 saturated carbocycles. The van der Waals surface area contributed by atoms with Crippen LogP contribution in [0.3, 0.4) is 0 Å². The molecule has 0 aliphatic heterocycles. The summed E-state index contributed by atoms with van der Waals surface area (Å²) < 4.78 is 5.46. The highest BCUT2D eigenvalue weighted by Gasteiger charge is 2.12. The van der Waals surface area contributed by atoms with Crippen LogP contribution in [0.15, 0.2) is 47.6 Å². The van der Waals surface area contributed by atoms with E-state index in [-0.39, 0.29) is 29.2 Å². The van der Waals surface area contributed by atoms with Crippen molar-refractivity contribution in [2.75, 3.05) is 13.2 Å². The summed E-state index contributed by atoms with van der Waals surface area (Å²) in [7, 11) is 0. The molecule has 0 aromatic heterocycles. The minimum Gasteiger partial charge on any atom is -0.490 e. The van der Waals surface area contributed by atoms with Crippen molar-refractivity contribution in [3.05, 3.63) is 64.2 Å². The van der Waals surface area contributed by atoms with Gasteiger partial charge in [0.05, 0.1) is 10.6 Å². The molecule has 2 rings (SSSR count). The molecule has 5 nitrogen and oxygen atoms in total. The molecule has 0 saturated heterocycles. The molecule has 0 bridgehead atoms. The highest BCUT2D eigenvalue weighted by atomic mass is 35.5. The summed E-state index contributed by atoms with van der Waals surface area (Å²) in [6.45, 7) is 7.12. The maximum Gasteiger partial charge on any atom is 0.337 e. The number of nitrogens with zero attached hydrogens (tertiary/aromatic N) is 1. The number of hydrogen-bond donors (Lipinski definition) is 1.